The third kappa shape index (κ3) is 3.70. The Kier molecular flexibility index (Phi) is 3.97. The molecule has 0 radical (unpaired) electrons. The maximum Gasteiger partial charge on any atom is 0.411 e. The molecule has 2 N–H and O–H groups in total. The van der Waals surface area contributed by atoms with Gasteiger partial charge in [0.1, 0.15) is 5.82 Å². The number of ether oxygens (including phenoxy) is 1. The molecular weight excluding hydrogens is 242 g/mol. The highest BCUT2D eigenvalue weighted by molar-refractivity contribution is 5.84. The third-order valence-electron chi connectivity index (χ3n) is 2.52. The van der Waals surface area contributed by atoms with E-state index in [1.165, 1.54) is 12.7 Å². The van der Waals surface area contributed by atoms with E-state index >= 15 is 0 Å². The smallest absolute Gasteiger partial charge is 0.411 e. The van der Waals surface area contributed by atoms with Gasteiger partial charge in [-0.25, -0.2) is 9.78 Å². The molecule has 98 valence electrons. The molecule has 2 rings (SSSR count). The summed E-state index contributed by atoms with van der Waals surface area (Å²) in [7, 11) is 1.32. The van der Waals surface area contributed by atoms with E-state index in [0.29, 0.717) is 11.5 Å². The lowest BCUT2D eigenvalue weighted by molar-refractivity contribution is 0.187. The van der Waals surface area contributed by atoms with Gasteiger partial charge >= 0.3 is 6.09 Å². The predicted molar refractivity (Wildman–Crippen MR) is 74.7 cm³/mol. The van der Waals surface area contributed by atoms with Crippen LogP contribution in [-0.4, -0.2) is 18.2 Å². The fraction of sp³-hybridized carbons (Fsp3) is 0.143. The van der Waals surface area contributed by atoms with E-state index in [2.05, 4.69) is 20.4 Å². The van der Waals surface area contributed by atoms with Gasteiger partial charge in [0, 0.05) is 5.69 Å². The molecular formula is C14H15N3O2. The fourth-order valence-electron chi connectivity index (χ4n) is 1.50. The number of nitrogens with zero attached hydrogens (tertiary/aromatic N) is 1. The Labute approximate surface area is 111 Å². The van der Waals surface area contributed by atoms with Gasteiger partial charge < -0.3 is 10.1 Å². The van der Waals surface area contributed by atoms with Crippen molar-refractivity contribution in [1.82, 2.24) is 4.98 Å². The van der Waals surface area contributed by atoms with Crippen LogP contribution in [-0.2, 0) is 4.74 Å². The number of methoxy groups -OCH3 is 1. The summed E-state index contributed by atoms with van der Waals surface area (Å²) < 4.78 is 4.50. The van der Waals surface area contributed by atoms with Crippen LogP contribution >= 0.6 is 0 Å². The van der Waals surface area contributed by atoms with Crippen LogP contribution in [0.4, 0.5) is 22.0 Å². The Morgan fingerprint density at radius 1 is 1.11 bits per heavy atom. The maximum atomic E-state index is 11.0. The number of hydrogen-bond acceptors (Lipinski definition) is 4. The second kappa shape index (κ2) is 5.86. The number of amides is 1. The molecule has 0 bridgehead atoms. The molecule has 1 aromatic carbocycles. The van der Waals surface area contributed by atoms with Crippen molar-refractivity contribution in [2.24, 2.45) is 0 Å². The SMILES string of the molecule is COC(=O)Nc1ccc(Nc2ccc(C)cc2)nc1. The average Bonchev–Trinajstić information content (AvgIpc) is 2.43. The molecule has 0 spiro atoms. The van der Waals surface area contributed by atoms with E-state index in [-0.39, 0.29) is 0 Å². The maximum absolute atomic E-state index is 11.0. The van der Waals surface area contributed by atoms with E-state index in [1.54, 1.807) is 18.3 Å². The van der Waals surface area contributed by atoms with Crippen molar-refractivity contribution in [2.75, 3.05) is 17.7 Å². The Balaban J connectivity index is 2.02. The molecule has 0 aliphatic heterocycles. The average molecular weight is 257 g/mol. The molecule has 0 fully saturated rings. The minimum absolute atomic E-state index is 0.513. The lowest BCUT2D eigenvalue weighted by Gasteiger charge is -2.07. The number of hydrogen-bond donors (Lipinski definition) is 2. The van der Waals surface area contributed by atoms with E-state index in [1.807, 2.05) is 31.2 Å². The highest BCUT2D eigenvalue weighted by Gasteiger charge is 2.01. The van der Waals surface area contributed by atoms with Crippen molar-refractivity contribution < 1.29 is 9.53 Å². The molecule has 5 nitrogen and oxygen atoms in total. The zero-order valence-electron chi connectivity index (χ0n) is 10.8. The van der Waals surface area contributed by atoms with Crippen LogP contribution in [0.1, 0.15) is 5.56 Å². The Hall–Kier alpha value is -2.56. The summed E-state index contributed by atoms with van der Waals surface area (Å²) in [6.45, 7) is 2.04. The van der Waals surface area contributed by atoms with Crippen LogP contribution in [0, 0.1) is 6.92 Å². The van der Waals surface area contributed by atoms with Gasteiger partial charge in [0.05, 0.1) is 19.0 Å². The first-order valence-corrected chi connectivity index (χ1v) is 5.82. The highest BCUT2D eigenvalue weighted by Crippen LogP contribution is 2.16. The molecule has 0 saturated carbocycles. The number of carbonyl (C=O) groups excluding carboxylic acids is 1. The number of carbonyl (C=O) groups is 1. The van der Waals surface area contributed by atoms with Crippen LogP contribution in [0.3, 0.4) is 0 Å². The van der Waals surface area contributed by atoms with E-state index in [0.717, 1.165) is 5.69 Å². The zero-order chi connectivity index (χ0) is 13.7. The van der Waals surface area contributed by atoms with Crippen LogP contribution in [0.15, 0.2) is 42.6 Å². The number of rotatable bonds is 3. The number of benzene rings is 1. The Morgan fingerprint density at radius 2 is 1.79 bits per heavy atom. The predicted octanol–water partition coefficient (Wildman–Crippen LogP) is 3.31. The van der Waals surface area contributed by atoms with Gasteiger partial charge in [-0.05, 0) is 31.2 Å². The molecule has 1 heterocycles. The normalized spacial score (nSPS) is 9.79. The second-order valence-electron chi connectivity index (χ2n) is 4.04. The van der Waals surface area contributed by atoms with E-state index < -0.39 is 6.09 Å². The summed E-state index contributed by atoms with van der Waals surface area (Å²) in [5, 5.41) is 5.71. The molecule has 0 aliphatic rings. The minimum Gasteiger partial charge on any atom is -0.453 e. The Morgan fingerprint density at radius 3 is 2.37 bits per heavy atom. The lowest BCUT2D eigenvalue weighted by Crippen LogP contribution is -2.11. The van der Waals surface area contributed by atoms with Crippen LogP contribution in [0.5, 0.6) is 0 Å². The molecule has 1 amide bonds. The molecule has 0 unspecified atom stereocenters. The van der Waals surface area contributed by atoms with Gasteiger partial charge in [-0.2, -0.15) is 0 Å². The fourth-order valence-corrected chi connectivity index (χ4v) is 1.50. The second-order valence-corrected chi connectivity index (χ2v) is 4.04. The number of nitrogens with one attached hydrogen (secondary N) is 2. The van der Waals surface area contributed by atoms with Crippen molar-refractivity contribution in [1.29, 1.82) is 0 Å². The van der Waals surface area contributed by atoms with Gasteiger partial charge in [-0.3, -0.25) is 5.32 Å². The van der Waals surface area contributed by atoms with Crippen LogP contribution in [0.2, 0.25) is 0 Å². The number of pyridine rings is 1. The van der Waals surface area contributed by atoms with Gasteiger partial charge in [-0.1, -0.05) is 17.7 Å². The third-order valence-corrected chi connectivity index (χ3v) is 2.52. The Bertz CT molecular complexity index is 550. The lowest BCUT2D eigenvalue weighted by atomic mass is 10.2. The summed E-state index contributed by atoms with van der Waals surface area (Å²) in [5.74, 6) is 0.708. The van der Waals surface area contributed by atoms with Crippen LogP contribution in [0.25, 0.3) is 0 Å². The minimum atomic E-state index is -0.513. The summed E-state index contributed by atoms with van der Waals surface area (Å²) in [6, 6.07) is 11.5. The topological polar surface area (TPSA) is 63.2 Å². The first-order valence-electron chi connectivity index (χ1n) is 5.82. The molecule has 5 heteroatoms. The van der Waals surface area contributed by atoms with Crippen molar-refractivity contribution in [3.05, 3.63) is 48.2 Å². The van der Waals surface area contributed by atoms with Crippen molar-refractivity contribution in [3.8, 4) is 0 Å². The van der Waals surface area contributed by atoms with Gasteiger partial charge in [0.15, 0.2) is 0 Å². The van der Waals surface area contributed by atoms with Gasteiger partial charge in [0.25, 0.3) is 0 Å². The van der Waals surface area contributed by atoms with E-state index in [9.17, 15) is 4.79 Å². The standard InChI is InChI=1S/C14H15N3O2/c1-10-3-5-11(6-4-10)16-13-8-7-12(9-15-13)17-14(18)19-2/h3-9H,1-2H3,(H,15,16)(H,17,18). The first kappa shape index (κ1) is 12.9. The molecule has 0 aliphatic carbocycles. The summed E-state index contributed by atoms with van der Waals surface area (Å²) >= 11 is 0. The van der Waals surface area contributed by atoms with Gasteiger partial charge in [0.2, 0.25) is 0 Å². The number of anilines is 3. The zero-order valence-corrected chi connectivity index (χ0v) is 10.8. The summed E-state index contributed by atoms with van der Waals surface area (Å²) in [5.41, 5.74) is 2.75. The van der Waals surface area contributed by atoms with E-state index in [4.69, 9.17) is 0 Å². The van der Waals surface area contributed by atoms with Gasteiger partial charge in [-0.15, -0.1) is 0 Å². The van der Waals surface area contributed by atoms with Crippen molar-refractivity contribution in [3.63, 3.8) is 0 Å². The molecule has 19 heavy (non-hydrogen) atoms. The molecule has 2 aromatic rings. The first-order chi connectivity index (χ1) is 9.17. The number of aromatic nitrogens is 1. The monoisotopic (exact) mass is 257 g/mol. The molecule has 1 aromatic heterocycles. The largest absolute Gasteiger partial charge is 0.453 e. The van der Waals surface area contributed by atoms with Crippen molar-refractivity contribution >= 4 is 23.3 Å². The van der Waals surface area contributed by atoms with Crippen LogP contribution < -0.4 is 10.6 Å². The summed E-state index contributed by atoms with van der Waals surface area (Å²) in [6.07, 6.45) is 1.05. The molecule has 0 saturated heterocycles. The summed E-state index contributed by atoms with van der Waals surface area (Å²) in [4.78, 5) is 15.2. The number of aryl methyl sites for hydroxylation is 1. The quantitative estimate of drug-likeness (QED) is 0.885. The molecule has 0 atom stereocenters. The van der Waals surface area contributed by atoms with Crippen molar-refractivity contribution in [2.45, 2.75) is 6.92 Å². The highest BCUT2D eigenvalue weighted by atomic mass is 16.5.